The van der Waals surface area contributed by atoms with E-state index >= 15 is 0 Å². The van der Waals surface area contributed by atoms with Crippen LogP contribution in [0.25, 0.3) is 0 Å². The zero-order valence-corrected chi connectivity index (χ0v) is 23.2. The van der Waals surface area contributed by atoms with Crippen molar-refractivity contribution in [1.29, 1.82) is 0 Å². The lowest BCUT2D eigenvalue weighted by atomic mass is 10.1. The molecule has 0 aliphatic heterocycles. The number of aromatic carboxylic acids is 2. The van der Waals surface area contributed by atoms with Gasteiger partial charge in [0.2, 0.25) is 0 Å². The molecule has 12 nitrogen and oxygen atoms in total. The first-order valence-electron chi connectivity index (χ1n) is 12.7. The van der Waals surface area contributed by atoms with Crippen molar-refractivity contribution in [3.05, 3.63) is 35.4 Å². The monoisotopic (exact) mass is 564 g/mol. The number of ether oxygens (including phenoxy) is 5. The summed E-state index contributed by atoms with van der Waals surface area (Å²) < 4.78 is 26.2. The molecule has 0 aliphatic rings. The fourth-order valence-electron chi connectivity index (χ4n) is 3.91. The van der Waals surface area contributed by atoms with Crippen molar-refractivity contribution in [2.24, 2.45) is 0 Å². The molecule has 2 rings (SSSR count). The van der Waals surface area contributed by atoms with Gasteiger partial charge >= 0.3 is 17.9 Å². The Morgan fingerprint density at radius 1 is 0.600 bits per heavy atom. The van der Waals surface area contributed by atoms with Crippen LogP contribution in [-0.2, 0) is 9.68 Å². The molecular weight excluding hydrogens is 528 g/mol. The molecule has 0 aliphatic carbocycles. The molecule has 220 valence electrons. The van der Waals surface area contributed by atoms with Crippen molar-refractivity contribution in [3.63, 3.8) is 0 Å². The number of hydrogen-bond acceptors (Lipinski definition) is 10. The Morgan fingerprint density at radius 2 is 1.00 bits per heavy atom. The van der Waals surface area contributed by atoms with Gasteiger partial charge in [-0.3, -0.25) is 9.78 Å². The minimum absolute atomic E-state index is 0.0133. The minimum Gasteiger partial charge on any atom is -0.496 e. The Morgan fingerprint density at radius 3 is 1.43 bits per heavy atom. The number of unbranched alkanes of at least 4 members (excludes halogenated alkanes) is 6. The van der Waals surface area contributed by atoms with E-state index in [1.165, 1.54) is 52.7 Å². The number of hydrogen-bond donors (Lipinski definition) is 2. The van der Waals surface area contributed by atoms with Gasteiger partial charge in [-0.05, 0) is 12.8 Å². The first kappa shape index (κ1) is 31.9. The van der Waals surface area contributed by atoms with Crippen LogP contribution in [0.15, 0.2) is 24.3 Å². The number of carboxylic acids is 2. The summed E-state index contributed by atoms with van der Waals surface area (Å²) in [5, 5.41) is 18.7. The average Bonchev–Trinajstić information content (AvgIpc) is 2.95. The third-order valence-corrected chi connectivity index (χ3v) is 5.91. The third kappa shape index (κ3) is 9.44. The van der Waals surface area contributed by atoms with Gasteiger partial charge in [-0.25, -0.2) is 14.4 Å². The number of methoxy groups -OCH3 is 4. The Balaban J connectivity index is 1.61. The highest BCUT2D eigenvalue weighted by atomic mass is 17.2. The molecule has 0 spiro atoms. The van der Waals surface area contributed by atoms with Gasteiger partial charge in [0.25, 0.3) is 0 Å². The van der Waals surface area contributed by atoms with Crippen molar-refractivity contribution in [2.45, 2.75) is 51.4 Å². The first-order chi connectivity index (χ1) is 19.2. The lowest BCUT2D eigenvalue weighted by molar-refractivity contribution is -0.214. The van der Waals surface area contributed by atoms with Gasteiger partial charge < -0.3 is 33.9 Å². The predicted octanol–water partition coefficient (Wildman–Crippen LogP) is 5.15. The standard InChI is InChI=1S/C28H36O12/c1-34-20-14-18(15-21(35-2)25(20)27(30)31)38-13-11-9-7-5-6-8-10-12-24(29)40-39-19-16-22(36-3)26(28(32)33)23(17-19)37-4/h14-17H,5-13H2,1-4H3,(H,30,31)(H,32,33). The Kier molecular flexibility index (Phi) is 13.2. The number of carbonyl (C=O) groups excluding carboxylic acids is 1. The van der Waals surface area contributed by atoms with E-state index in [1.807, 2.05) is 0 Å². The number of carboxylic acid groups (broad SMARTS) is 2. The second-order valence-corrected chi connectivity index (χ2v) is 8.63. The van der Waals surface area contributed by atoms with Crippen LogP contribution in [0.5, 0.6) is 34.5 Å². The molecule has 2 aromatic carbocycles. The van der Waals surface area contributed by atoms with E-state index in [0.29, 0.717) is 18.8 Å². The lowest BCUT2D eigenvalue weighted by Crippen LogP contribution is -2.09. The fourth-order valence-corrected chi connectivity index (χ4v) is 3.91. The summed E-state index contributed by atoms with van der Waals surface area (Å²) in [5.74, 6) is -1.98. The van der Waals surface area contributed by atoms with Crippen LogP contribution in [0.1, 0.15) is 72.1 Å². The van der Waals surface area contributed by atoms with E-state index in [1.54, 1.807) is 0 Å². The topological polar surface area (TPSA) is 156 Å². The second-order valence-electron chi connectivity index (χ2n) is 8.63. The smallest absolute Gasteiger partial charge is 0.355 e. The summed E-state index contributed by atoms with van der Waals surface area (Å²) in [6, 6.07) is 5.66. The molecule has 2 N–H and O–H groups in total. The second kappa shape index (κ2) is 16.6. The number of benzene rings is 2. The van der Waals surface area contributed by atoms with E-state index < -0.39 is 17.9 Å². The molecule has 40 heavy (non-hydrogen) atoms. The highest BCUT2D eigenvalue weighted by molar-refractivity contribution is 5.95. The Bertz CT molecular complexity index is 1090. The summed E-state index contributed by atoms with van der Waals surface area (Å²) in [6.45, 7) is 0.474. The molecular formula is C28H36O12. The van der Waals surface area contributed by atoms with Crippen molar-refractivity contribution in [1.82, 2.24) is 0 Å². The fraction of sp³-hybridized carbons (Fsp3) is 0.464. The minimum atomic E-state index is -1.22. The molecule has 0 radical (unpaired) electrons. The predicted molar refractivity (Wildman–Crippen MR) is 142 cm³/mol. The molecule has 0 saturated carbocycles. The van der Waals surface area contributed by atoms with Crippen LogP contribution >= 0.6 is 0 Å². The summed E-state index contributed by atoms with van der Waals surface area (Å²) >= 11 is 0. The van der Waals surface area contributed by atoms with Crippen LogP contribution in [0.2, 0.25) is 0 Å². The Labute approximate surface area is 232 Å². The summed E-state index contributed by atoms with van der Waals surface area (Å²) in [6.07, 6.45) is 6.46. The van der Waals surface area contributed by atoms with E-state index in [-0.39, 0.29) is 46.3 Å². The summed E-state index contributed by atoms with van der Waals surface area (Å²) in [5.41, 5.74) is -0.212. The van der Waals surface area contributed by atoms with E-state index in [4.69, 9.17) is 33.5 Å². The zero-order chi connectivity index (χ0) is 29.5. The van der Waals surface area contributed by atoms with Crippen molar-refractivity contribution < 1.29 is 58.1 Å². The summed E-state index contributed by atoms with van der Waals surface area (Å²) in [7, 11) is 5.40. The molecule has 2 aromatic rings. The van der Waals surface area contributed by atoms with E-state index in [0.717, 1.165) is 38.5 Å². The molecule has 12 heteroatoms. The molecule has 0 amide bonds. The quantitative estimate of drug-likeness (QED) is 0.132. The molecule has 0 aromatic heterocycles. The largest absolute Gasteiger partial charge is 0.496 e. The van der Waals surface area contributed by atoms with Gasteiger partial charge in [-0.2, -0.15) is 0 Å². The third-order valence-electron chi connectivity index (χ3n) is 5.91. The molecule has 0 saturated heterocycles. The van der Waals surface area contributed by atoms with E-state index in [2.05, 4.69) is 0 Å². The molecule has 0 fully saturated rings. The van der Waals surface area contributed by atoms with Crippen LogP contribution < -0.4 is 28.6 Å². The van der Waals surface area contributed by atoms with Gasteiger partial charge in [-0.1, -0.05) is 32.1 Å². The van der Waals surface area contributed by atoms with Gasteiger partial charge in [-0.15, -0.1) is 0 Å². The first-order valence-corrected chi connectivity index (χ1v) is 12.7. The van der Waals surface area contributed by atoms with Gasteiger partial charge in [0.05, 0.1) is 41.5 Å². The maximum absolute atomic E-state index is 12.0. The molecule has 0 heterocycles. The SMILES string of the molecule is COc1cc(OCCCCCCCCCC(=O)OOc2cc(OC)c(C(=O)O)c(OC)c2)cc(OC)c1C(=O)O. The van der Waals surface area contributed by atoms with Crippen molar-refractivity contribution in [2.75, 3.05) is 35.0 Å². The van der Waals surface area contributed by atoms with Gasteiger partial charge in [0, 0.05) is 24.3 Å². The lowest BCUT2D eigenvalue weighted by Gasteiger charge is -2.13. The molecule has 0 bridgehead atoms. The van der Waals surface area contributed by atoms with Crippen LogP contribution in [0.3, 0.4) is 0 Å². The van der Waals surface area contributed by atoms with Crippen molar-refractivity contribution >= 4 is 17.9 Å². The summed E-state index contributed by atoms with van der Waals surface area (Å²) in [4.78, 5) is 44.7. The number of carbonyl (C=O) groups is 3. The van der Waals surface area contributed by atoms with E-state index in [9.17, 15) is 24.6 Å². The average molecular weight is 565 g/mol. The maximum atomic E-state index is 12.0. The zero-order valence-electron chi connectivity index (χ0n) is 23.2. The van der Waals surface area contributed by atoms with Gasteiger partial charge in [0.15, 0.2) is 5.75 Å². The van der Waals surface area contributed by atoms with Crippen LogP contribution in [0.4, 0.5) is 0 Å². The normalized spacial score (nSPS) is 10.4. The maximum Gasteiger partial charge on any atom is 0.355 e. The number of rotatable bonds is 19. The Hall–Kier alpha value is -4.35. The van der Waals surface area contributed by atoms with Crippen LogP contribution in [-0.4, -0.2) is 63.2 Å². The van der Waals surface area contributed by atoms with Gasteiger partial charge in [0.1, 0.15) is 39.9 Å². The van der Waals surface area contributed by atoms with Crippen molar-refractivity contribution in [3.8, 4) is 34.5 Å². The highest BCUT2D eigenvalue weighted by Crippen LogP contribution is 2.35. The molecule has 0 unspecified atom stereocenters. The van der Waals surface area contributed by atoms with Crippen LogP contribution in [0, 0.1) is 0 Å². The highest BCUT2D eigenvalue weighted by Gasteiger charge is 2.21. The molecule has 0 atom stereocenters.